The van der Waals surface area contributed by atoms with Crippen molar-refractivity contribution < 1.29 is 0 Å². The van der Waals surface area contributed by atoms with Crippen molar-refractivity contribution in [1.29, 1.82) is 0 Å². The molecule has 0 nitrogen and oxygen atoms in total. The van der Waals surface area contributed by atoms with Gasteiger partial charge in [0.1, 0.15) is 0 Å². The first-order valence-electron chi connectivity index (χ1n) is 20.8. The van der Waals surface area contributed by atoms with Gasteiger partial charge in [0.25, 0.3) is 0 Å². The lowest BCUT2D eigenvalue weighted by atomic mass is 9.88. The minimum Gasteiger partial charge on any atom is -0.0654 e. The monoisotopic (exact) mass is 619 g/mol. The first-order chi connectivity index (χ1) is 22.3. The maximum Gasteiger partial charge on any atom is -0.0149 e. The minimum absolute atomic E-state index is 1.27. The standard InChI is InChI=1S/C45H78/c1-4-6-8-10-12-14-16-18-20-21-23-25-27-29-31-33-39-45-43(41(3)40-42-36-34-35-38-44(42)45)37-32-30-28-26-24-22-19-17-15-13-11-9-7-5-2/h34-36,38,40H,4-33,37,39H2,1-3H3. The van der Waals surface area contributed by atoms with Crippen molar-refractivity contribution in [2.45, 2.75) is 226 Å². The van der Waals surface area contributed by atoms with Gasteiger partial charge in [-0.05, 0) is 60.1 Å². The zero-order chi connectivity index (χ0) is 32.0. The van der Waals surface area contributed by atoms with Crippen molar-refractivity contribution in [3.8, 4) is 0 Å². The SMILES string of the molecule is CCCCCCCCCCCCCCCCCCc1c(CCCCCCCCCCCCCCCC)c(C)cc2ccccc12. The van der Waals surface area contributed by atoms with Gasteiger partial charge >= 0.3 is 0 Å². The number of hydrogen-bond donors (Lipinski definition) is 0. The average molecular weight is 619 g/mol. The fraction of sp³-hybridized carbons (Fsp3) is 0.778. The van der Waals surface area contributed by atoms with Crippen LogP contribution in [0, 0.1) is 6.92 Å². The Morgan fingerprint density at radius 3 is 1.04 bits per heavy atom. The molecule has 0 amide bonds. The van der Waals surface area contributed by atoms with Crippen LogP contribution in [0.15, 0.2) is 30.3 Å². The number of hydrogen-bond acceptors (Lipinski definition) is 0. The number of rotatable bonds is 32. The number of fused-ring (bicyclic) bond motifs is 1. The van der Waals surface area contributed by atoms with E-state index in [-0.39, 0.29) is 0 Å². The van der Waals surface area contributed by atoms with E-state index in [1.165, 1.54) is 222 Å². The minimum atomic E-state index is 1.27. The van der Waals surface area contributed by atoms with E-state index in [0.29, 0.717) is 0 Å². The zero-order valence-electron chi connectivity index (χ0n) is 31.0. The van der Waals surface area contributed by atoms with Crippen LogP contribution in [0.3, 0.4) is 0 Å². The summed E-state index contributed by atoms with van der Waals surface area (Å²) in [5, 5.41) is 2.98. The van der Waals surface area contributed by atoms with Crippen LogP contribution < -0.4 is 0 Å². The quantitative estimate of drug-likeness (QED) is 0.0716. The van der Waals surface area contributed by atoms with Crippen molar-refractivity contribution in [2.75, 3.05) is 0 Å². The third kappa shape index (κ3) is 19.8. The summed E-state index contributed by atoms with van der Waals surface area (Å²) in [5.41, 5.74) is 4.91. The summed E-state index contributed by atoms with van der Waals surface area (Å²) in [5.74, 6) is 0. The van der Waals surface area contributed by atoms with Crippen molar-refractivity contribution >= 4 is 10.8 Å². The van der Waals surface area contributed by atoms with Crippen LogP contribution in [0.25, 0.3) is 10.8 Å². The van der Waals surface area contributed by atoms with Gasteiger partial charge in [0.2, 0.25) is 0 Å². The van der Waals surface area contributed by atoms with Gasteiger partial charge in [-0.3, -0.25) is 0 Å². The lowest BCUT2D eigenvalue weighted by Crippen LogP contribution is -2.01. The topological polar surface area (TPSA) is 0 Å². The molecular formula is C45H78. The Kier molecular flexibility index (Phi) is 25.6. The molecule has 0 saturated heterocycles. The van der Waals surface area contributed by atoms with Crippen LogP contribution in [0.4, 0.5) is 0 Å². The predicted molar refractivity (Wildman–Crippen MR) is 206 cm³/mol. The highest BCUT2D eigenvalue weighted by Gasteiger charge is 2.11. The molecular weight excluding hydrogens is 540 g/mol. The van der Waals surface area contributed by atoms with E-state index in [0.717, 1.165) is 0 Å². The van der Waals surface area contributed by atoms with Crippen LogP contribution in [0.2, 0.25) is 0 Å². The molecule has 2 aromatic carbocycles. The molecule has 2 rings (SSSR count). The van der Waals surface area contributed by atoms with Crippen molar-refractivity contribution in [1.82, 2.24) is 0 Å². The van der Waals surface area contributed by atoms with E-state index in [9.17, 15) is 0 Å². The van der Waals surface area contributed by atoms with Gasteiger partial charge in [0.05, 0.1) is 0 Å². The molecule has 0 unspecified atom stereocenters. The molecule has 0 heteroatoms. The maximum atomic E-state index is 2.46. The molecule has 0 aromatic heterocycles. The van der Waals surface area contributed by atoms with Crippen LogP contribution in [-0.4, -0.2) is 0 Å². The fourth-order valence-corrected chi connectivity index (χ4v) is 7.60. The van der Waals surface area contributed by atoms with Gasteiger partial charge < -0.3 is 0 Å². The first kappa shape index (κ1) is 39.9. The van der Waals surface area contributed by atoms with Gasteiger partial charge in [0.15, 0.2) is 0 Å². The number of benzene rings is 2. The van der Waals surface area contributed by atoms with Gasteiger partial charge in [-0.1, -0.05) is 224 Å². The van der Waals surface area contributed by atoms with Gasteiger partial charge in [-0.25, -0.2) is 0 Å². The van der Waals surface area contributed by atoms with Crippen LogP contribution in [-0.2, 0) is 12.8 Å². The van der Waals surface area contributed by atoms with Gasteiger partial charge in [-0.15, -0.1) is 0 Å². The Morgan fingerprint density at radius 1 is 0.356 bits per heavy atom. The molecule has 0 aliphatic carbocycles. The van der Waals surface area contributed by atoms with Crippen molar-refractivity contribution in [2.24, 2.45) is 0 Å². The molecule has 0 bridgehead atoms. The molecule has 258 valence electrons. The molecule has 2 aromatic rings. The molecule has 0 saturated carbocycles. The summed E-state index contributed by atoms with van der Waals surface area (Å²) in [6.07, 6.45) is 45.8. The summed E-state index contributed by atoms with van der Waals surface area (Å²) in [7, 11) is 0. The molecule has 0 atom stereocenters. The first-order valence-corrected chi connectivity index (χ1v) is 20.8. The van der Waals surface area contributed by atoms with E-state index in [2.05, 4.69) is 51.1 Å². The van der Waals surface area contributed by atoms with E-state index in [1.807, 2.05) is 0 Å². The Morgan fingerprint density at radius 2 is 0.667 bits per heavy atom. The Labute approximate surface area is 283 Å². The molecule has 45 heavy (non-hydrogen) atoms. The third-order valence-corrected chi connectivity index (χ3v) is 10.6. The largest absolute Gasteiger partial charge is 0.0654 e. The molecule has 0 heterocycles. The second-order valence-electron chi connectivity index (χ2n) is 14.8. The lowest BCUT2D eigenvalue weighted by Gasteiger charge is -2.17. The summed E-state index contributed by atoms with van der Waals surface area (Å²) < 4.78 is 0. The molecule has 0 aliphatic rings. The van der Waals surface area contributed by atoms with E-state index < -0.39 is 0 Å². The summed E-state index contributed by atoms with van der Waals surface area (Å²) in [6, 6.07) is 11.7. The average Bonchev–Trinajstić information content (AvgIpc) is 3.05. The molecule has 0 aliphatic heterocycles. The molecule has 0 N–H and O–H groups in total. The lowest BCUT2D eigenvalue weighted by molar-refractivity contribution is 0.529. The van der Waals surface area contributed by atoms with Crippen molar-refractivity contribution in [3.05, 3.63) is 47.0 Å². The highest BCUT2D eigenvalue weighted by atomic mass is 14.2. The highest BCUT2D eigenvalue weighted by molar-refractivity contribution is 5.87. The van der Waals surface area contributed by atoms with Gasteiger partial charge in [-0.2, -0.15) is 0 Å². The van der Waals surface area contributed by atoms with Gasteiger partial charge in [0, 0.05) is 0 Å². The number of aryl methyl sites for hydroxylation is 2. The normalized spacial score (nSPS) is 11.6. The molecule has 0 spiro atoms. The van der Waals surface area contributed by atoms with Crippen LogP contribution in [0.5, 0.6) is 0 Å². The van der Waals surface area contributed by atoms with Crippen molar-refractivity contribution in [3.63, 3.8) is 0 Å². The molecule has 0 radical (unpaired) electrons. The summed E-state index contributed by atoms with van der Waals surface area (Å²) in [6.45, 7) is 7.00. The maximum absolute atomic E-state index is 2.46. The Bertz CT molecular complexity index is 923. The van der Waals surface area contributed by atoms with E-state index >= 15 is 0 Å². The second kappa shape index (κ2) is 28.9. The van der Waals surface area contributed by atoms with E-state index in [1.54, 1.807) is 11.1 Å². The molecule has 0 fully saturated rings. The summed E-state index contributed by atoms with van der Waals surface area (Å²) >= 11 is 0. The van der Waals surface area contributed by atoms with Crippen LogP contribution in [0.1, 0.15) is 223 Å². The number of unbranched alkanes of at least 4 members (excludes halogenated alkanes) is 28. The second-order valence-corrected chi connectivity index (χ2v) is 14.8. The Balaban J connectivity index is 1.57. The third-order valence-electron chi connectivity index (χ3n) is 10.6. The highest BCUT2D eigenvalue weighted by Crippen LogP contribution is 2.29. The van der Waals surface area contributed by atoms with E-state index in [4.69, 9.17) is 0 Å². The summed E-state index contributed by atoms with van der Waals surface area (Å²) in [4.78, 5) is 0. The fourth-order valence-electron chi connectivity index (χ4n) is 7.60. The smallest absolute Gasteiger partial charge is 0.0149 e. The Hall–Kier alpha value is -1.30. The predicted octanol–water partition coefficient (Wildman–Crippen LogP) is 16.0. The van der Waals surface area contributed by atoms with Crippen LogP contribution >= 0.6 is 0 Å². The zero-order valence-corrected chi connectivity index (χ0v) is 31.0.